The van der Waals surface area contributed by atoms with Crippen LogP contribution >= 0.6 is 0 Å². The number of nitrogens with zero attached hydrogens (tertiary/aromatic N) is 4. The van der Waals surface area contributed by atoms with Crippen LogP contribution in [-0.2, 0) is 17.9 Å². The molecule has 0 saturated carbocycles. The molecule has 1 aliphatic rings. The molecule has 2 heterocycles. The van der Waals surface area contributed by atoms with Gasteiger partial charge in [-0.05, 0) is 29.9 Å². The van der Waals surface area contributed by atoms with Gasteiger partial charge in [-0.25, -0.2) is 4.98 Å². The highest BCUT2D eigenvalue weighted by atomic mass is 16.1. The van der Waals surface area contributed by atoms with Gasteiger partial charge in [-0.1, -0.05) is 24.3 Å². The van der Waals surface area contributed by atoms with Crippen molar-refractivity contribution in [2.75, 3.05) is 27.2 Å². The van der Waals surface area contributed by atoms with Crippen LogP contribution in [0, 0.1) is 5.92 Å². The summed E-state index contributed by atoms with van der Waals surface area (Å²) >= 11 is 0. The third-order valence-corrected chi connectivity index (χ3v) is 5.28. The van der Waals surface area contributed by atoms with E-state index in [-0.39, 0.29) is 5.91 Å². The Balaban J connectivity index is 1.46. The lowest BCUT2D eigenvalue weighted by Crippen LogP contribution is -2.45. The van der Waals surface area contributed by atoms with Crippen LogP contribution in [0.4, 0.5) is 0 Å². The van der Waals surface area contributed by atoms with Gasteiger partial charge in [0.15, 0.2) is 5.96 Å². The summed E-state index contributed by atoms with van der Waals surface area (Å²) in [6, 6.07) is 8.62. The Morgan fingerprint density at radius 1 is 1.21 bits per heavy atom. The van der Waals surface area contributed by atoms with Crippen LogP contribution in [-0.4, -0.2) is 53.5 Å². The SMILES string of the molecule is CN=C(NCc1ccc(Cn2ccnc2)cc1)N1CCC(CC(=O)NC)CC1. The quantitative estimate of drug-likeness (QED) is 0.591. The first-order valence-electron chi connectivity index (χ1n) is 9.87. The van der Waals surface area contributed by atoms with Crippen molar-refractivity contribution in [2.24, 2.45) is 10.9 Å². The Morgan fingerprint density at radius 2 is 1.93 bits per heavy atom. The second kappa shape index (κ2) is 9.92. The standard InChI is InChI=1S/C21H30N6O/c1-22-20(28)13-17-7-10-27(11-8-17)21(23-2)25-14-18-3-5-19(6-4-18)15-26-12-9-24-16-26/h3-6,9,12,16-17H,7-8,10-11,13-15H2,1-2H3,(H,22,28)(H,23,25). The highest BCUT2D eigenvalue weighted by molar-refractivity contribution is 5.80. The number of carbonyl (C=O) groups excluding carboxylic acids is 1. The molecule has 1 aliphatic heterocycles. The summed E-state index contributed by atoms with van der Waals surface area (Å²) < 4.78 is 2.06. The maximum absolute atomic E-state index is 11.6. The number of hydrogen-bond acceptors (Lipinski definition) is 3. The van der Waals surface area contributed by atoms with Crippen LogP contribution < -0.4 is 10.6 Å². The molecule has 1 saturated heterocycles. The van der Waals surface area contributed by atoms with Crippen LogP contribution in [0.5, 0.6) is 0 Å². The molecule has 0 unspecified atom stereocenters. The number of piperidine rings is 1. The van der Waals surface area contributed by atoms with E-state index in [0.29, 0.717) is 12.3 Å². The summed E-state index contributed by atoms with van der Waals surface area (Å²) in [5, 5.41) is 6.19. The van der Waals surface area contributed by atoms with Gasteiger partial charge in [0.05, 0.1) is 6.33 Å². The van der Waals surface area contributed by atoms with Gasteiger partial charge in [0.2, 0.25) is 5.91 Å². The Kier molecular flexibility index (Phi) is 7.06. The smallest absolute Gasteiger partial charge is 0.220 e. The molecule has 28 heavy (non-hydrogen) atoms. The fourth-order valence-corrected chi connectivity index (χ4v) is 3.58. The molecule has 0 radical (unpaired) electrons. The van der Waals surface area contributed by atoms with Crippen molar-refractivity contribution in [1.82, 2.24) is 25.1 Å². The number of aliphatic imine (C=N–C) groups is 1. The Labute approximate surface area is 166 Å². The van der Waals surface area contributed by atoms with Crippen molar-refractivity contribution in [2.45, 2.75) is 32.4 Å². The molecular formula is C21H30N6O. The summed E-state index contributed by atoms with van der Waals surface area (Å²) in [5.74, 6) is 1.54. The van der Waals surface area contributed by atoms with Crippen molar-refractivity contribution in [1.29, 1.82) is 0 Å². The zero-order chi connectivity index (χ0) is 19.8. The average molecular weight is 383 g/mol. The topological polar surface area (TPSA) is 74.5 Å². The minimum absolute atomic E-state index is 0.137. The highest BCUT2D eigenvalue weighted by Gasteiger charge is 2.22. The molecule has 3 rings (SSSR count). The van der Waals surface area contributed by atoms with Gasteiger partial charge >= 0.3 is 0 Å². The summed E-state index contributed by atoms with van der Waals surface area (Å²) in [5.41, 5.74) is 2.48. The van der Waals surface area contributed by atoms with Gasteiger partial charge < -0.3 is 20.1 Å². The van der Waals surface area contributed by atoms with Crippen LogP contribution in [0.3, 0.4) is 0 Å². The molecule has 7 nitrogen and oxygen atoms in total. The van der Waals surface area contributed by atoms with Crippen molar-refractivity contribution in [3.63, 3.8) is 0 Å². The van der Waals surface area contributed by atoms with E-state index in [4.69, 9.17) is 0 Å². The lowest BCUT2D eigenvalue weighted by atomic mass is 9.93. The monoisotopic (exact) mass is 382 g/mol. The molecule has 1 aromatic carbocycles. The minimum Gasteiger partial charge on any atom is -0.359 e. The van der Waals surface area contributed by atoms with Crippen LogP contribution in [0.2, 0.25) is 0 Å². The molecule has 0 spiro atoms. The fraction of sp³-hybridized carbons (Fsp3) is 0.476. The first kappa shape index (κ1) is 19.9. The third kappa shape index (κ3) is 5.58. The number of hydrogen-bond donors (Lipinski definition) is 2. The molecule has 150 valence electrons. The Bertz CT molecular complexity index is 761. The van der Waals surface area contributed by atoms with E-state index < -0.39 is 0 Å². The molecular weight excluding hydrogens is 352 g/mol. The van der Waals surface area contributed by atoms with Crippen LogP contribution in [0.25, 0.3) is 0 Å². The van der Waals surface area contributed by atoms with E-state index in [1.165, 1.54) is 11.1 Å². The normalized spacial score (nSPS) is 15.5. The number of aromatic nitrogens is 2. The average Bonchev–Trinajstić information content (AvgIpc) is 3.23. The highest BCUT2D eigenvalue weighted by Crippen LogP contribution is 2.20. The van der Waals surface area contributed by atoms with E-state index in [2.05, 4.69) is 54.3 Å². The third-order valence-electron chi connectivity index (χ3n) is 5.28. The van der Waals surface area contributed by atoms with E-state index >= 15 is 0 Å². The molecule has 0 bridgehead atoms. The van der Waals surface area contributed by atoms with Crippen molar-refractivity contribution < 1.29 is 4.79 Å². The van der Waals surface area contributed by atoms with E-state index in [0.717, 1.165) is 45.0 Å². The van der Waals surface area contributed by atoms with E-state index in [1.54, 1.807) is 13.2 Å². The predicted molar refractivity (Wildman–Crippen MR) is 111 cm³/mol. The van der Waals surface area contributed by atoms with Gasteiger partial charge in [-0.3, -0.25) is 9.79 Å². The predicted octanol–water partition coefficient (Wildman–Crippen LogP) is 1.85. The van der Waals surface area contributed by atoms with Gasteiger partial charge in [0, 0.05) is 59.1 Å². The molecule has 1 amide bonds. The van der Waals surface area contributed by atoms with E-state index in [1.807, 2.05) is 19.6 Å². The molecule has 2 N–H and O–H groups in total. The number of guanidine groups is 1. The lowest BCUT2D eigenvalue weighted by molar-refractivity contribution is -0.121. The summed E-state index contributed by atoms with van der Waals surface area (Å²) in [4.78, 5) is 22.4. The fourth-order valence-electron chi connectivity index (χ4n) is 3.58. The number of nitrogens with one attached hydrogen (secondary N) is 2. The molecule has 7 heteroatoms. The molecule has 2 aromatic rings. The number of likely N-dealkylation sites (tertiary alicyclic amines) is 1. The summed E-state index contributed by atoms with van der Waals surface area (Å²) in [6.45, 7) is 3.45. The first-order valence-corrected chi connectivity index (χ1v) is 9.87. The minimum atomic E-state index is 0.137. The molecule has 1 fully saturated rings. The second-order valence-corrected chi connectivity index (χ2v) is 7.26. The molecule has 0 atom stereocenters. The van der Waals surface area contributed by atoms with Crippen LogP contribution in [0.15, 0.2) is 48.0 Å². The number of amides is 1. The second-order valence-electron chi connectivity index (χ2n) is 7.26. The maximum Gasteiger partial charge on any atom is 0.220 e. The molecule has 0 aliphatic carbocycles. The first-order chi connectivity index (χ1) is 13.7. The lowest BCUT2D eigenvalue weighted by Gasteiger charge is -2.34. The summed E-state index contributed by atoms with van der Waals surface area (Å²) in [6.07, 6.45) is 8.27. The van der Waals surface area contributed by atoms with Gasteiger partial charge in [-0.15, -0.1) is 0 Å². The van der Waals surface area contributed by atoms with Crippen molar-refractivity contribution in [3.05, 3.63) is 54.1 Å². The van der Waals surface area contributed by atoms with Crippen molar-refractivity contribution in [3.8, 4) is 0 Å². The van der Waals surface area contributed by atoms with Crippen molar-refractivity contribution >= 4 is 11.9 Å². The zero-order valence-corrected chi connectivity index (χ0v) is 16.8. The Hall–Kier alpha value is -2.83. The van der Waals surface area contributed by atoms with Gasteiger partial charge in [0.1, 0.15) is 0 Å². The van der Waals surface area contributed by atoms with Gasteiger partial charge in [-0.2, -0.15) is 0 Å². The van der Waals surface area contributed by atoms with Gasteiger partial charge in [0.25, 0.3) is 0 Å². The van der Waals surface area contributed by atoms with Crippen LogP contribution in [0.1, 0.15) is 30.4 Å². The maximum atomic E-state index is 11.6. The largest absolute Gasteiger partial charge is 0.359 e. The Morgan fingerprint density at radius 3 is 2.54 bits per heavy atom. The zero-order valence-electron chi connectivity index (χ0n) is 16.8. The van der Waals surface area contributed by atoms with E-state index in [9.17, 15) is 4.79 Å². The number of imidazole rings is 1. The summed E-state index contributed by atoms with van der Waals surface area (Å²) in [7, 11) is 3.53. The number of benzene rings is 1. The molecule has 1 aromatic heterocycles. The number of carbonyl (C=O) groups is 1. The number of rotatable bonds is 6.